The Kier molecular flexibility index (Phi) is 9.94. The number of rotatable bonds is 0. The second kappa shape index (κ2) is 5.22. The number of hydrogen-bond acceptors (Lipinski definition) is 1. The van der Waals surface area contributed by atoms with Gasteiger partial charge >= 0.3 is 37.7 Å². The number of carbonyl (C=O) groups is 1. The van der Waals surface area contributed by atoms with Crippen molar-refractivity contribution in [1.82, 2.24) is 0 Å². The van der Waals surface area contributed by atoms with Crippen LogP contribution in [-0.2, 0) is 4.79 Å². The van der Waals surface area contributed by atoms with E-state index in [1.165, 1.54) is 6.92 Å². The third-order valence-electron chi connectivity index (χ3n) is 0. The van der Waals surface area contributed by atoms with E-state index in [1.807, 2.05) is 0 Å². The zero-order valence-electron chi connectivity index (χ0n) is 4.99. The Morgan fingerprint density at radius 2 is 2.00 bits per heavy atom. The van der Waals surface area contributed by atoms with Gasteiger partial charge in [-0.2, -0.15) is 0 Å². The molecular weight excluding hydrogens is 116 g/mol. The van der Waals surface area contributed by atoms with Gasteiger partial charge in [0.25, 0.3) is 0 Å². The fourth-order valence-electron chi connectivity index (χ4n) is 0. The normalized spacial score (nSPS) is 5.20. The van der Waals surface area contributed by atoms with Crippen molar-refractivity contribution >= 4 is 54.6 Å². The zero-order chi connectivity index (χ0) is 3.58. The Morgan fingerprint density at radius 1 is 2.00 bits per heavy atom. The third-order valence-corrected chi connectivity index (χ3v) is 0. The molecule has 0 rings (SSSR count). The SMILES string of the molecule is CC(=O)Cl.[Ca+2].[H-].[H-]. The molecule has 1 nitrogen and oxygen atoms in total. The Labute approximate surface area is 68.7 Å². The molecule has 0 aromatic rings. The van der Waals surface area contributed by atoms with E-state index in [0.717, 1.165) is 0 Å². The molecule has 0 aromatic carbocycles. The molecule has 0 radical (unpaired) electrons. The summed E-state index contributed by atoms with van der Waals surface area (Å²) < 4.78 is 0. The smallest absolute Gasteiger partial charge is 1.00 e. The first-order valence-electron chi connectivity index (χ1n) is 0.893. The van der Waals surface area contributed by atoms with E-state index in [4.69, 9.17) is 0 Å². The van der Waals surface area contributed by atoms with E-state index in [9.17, 15) is 4.79 Å². The molecule has 0 saturated carbocycles. The fourth-order valence-corrected chi connectivity index (χ4v) is 0. The molecule has 0 aromatic heterocycles. The van der Waals surface area contributed by atoms with Crippen molar-refractivity contribution in [3.8, 4) is 0 Å². The van der Waals surface area contributed by atoms with Crippen LogP contribution in [-0.4, -0.2) is 43.0 Å². The number of carbonyl (C=O) groups excluding carboxylic acids is 1. The molecule has 0 heterocycles. The van der Waals surface area contributed by atoms with E-state index in [0.29, 0.717) is 0 Å². The molecule has 0 N–H and O–H groups in total. The quantitative estimate of drug-likeness (QED) is 0.338. The first kappa shape index (κ1) is 9.52. The molecular formula is C2H5CaClO. The maximum absolute atomic E-state index is 9.21. The van der Waals surface area contributed by atoms with Gasteiger partial charge in [-0.25, -0.2) is 0 Å². The first-order valence-corrected chi connectivity index (χ1v) is 1.27. The molecule has 0 spiro atoms. The molecule has 0 saturated heterocycles. The van der Waals surface area contributed by atoms with Crippen LogP contribution in [0.15, 0.2) is 0 Å². The monoisotopic (exact) mass is 120 g/mol. The topological polar surface area (TPSA) is 17.1 Å². The molecule has 3 heteroatoms. The Hall–Kier alpha value is 1.22. The summed E-state index contributed by atoms with van der Waals surface area (Å²) in [5.74, 6) is 0. The standard InChI is InChI=1S/C2H3ClO.Ca.2H/c1-2(3)4;;;/h1H3;;;/q;+2;2*-1. The average molecular weight is 121 g/mol. The van der Waals surface area contributed by atoms with Crippen LogP contribution in [0.25, 0.3) is 0 Å². The van der Waals surface area contributed by atoms with E-state index in [-0.39, 0.29) is 45.8 Å². The Bertz CT molecular complexity index is 38.7. The van der Waals surface area contributed by atoms with Crippen molar-refractivity contribution in [2.75, 3.05) is 0 Å². The molecule has 0 amide bonds. The van der Waals surface area contributed by atoms with Gasteiger partial charge in [-0.1, -0.05) is 0 Å². The molecule has 0 aliphatic carbocycles. The minimum absolute atomic E-state index is 0. The van der Waals surface area contributed by atoms with Gasteiger partial charge in [0.2, 0.25) is 5.24 Å². The molecule has 5 heavy (non-hydrogen) atoms. The van der Waals surface area contributed by atoms with Crippen molar-refractivity contribution in [3.63, 3.8) is 0 Å². The van der Waals surface area contributed by atoms with Crippen molar-refractivity contribution in [1.29, 1.82) is 0 Å². The number of hydrogen-bond donors (Lipinski definition) is 0. The van der Waals surface area contributed by atoms with Crippen LogP contribution in [0.1, 0.15) is 9.78 Å². The second-order valence-electron chi connectivity index (χ2n) is 0.470. The minimum Gasteiger partial charge on any atom is -1.00 e. The van der Waals surface area contributed by atoms with Crippen LogP contribution < -0.4 is 0 Å². The van der Waals surface area contributed by atoms with E-state index in [1.54, 1.807) is 0 Å². The molecule has 0 bridgehead atoms. The van der Waals surface area contributed by atoms with Crippen molar-refractivity contribution < 1.29 is 7.65 Å². The predicted octanol–water partition coefficient (Wildman–Crippen LogP) is 0.616. The third kappa shape index (κ3) is 36.4. The van der Waals surface area contributed by atoms with Crippen molar-refractivity contribution in [2.24, 2.45) is 0 Å². The van der Waals surface area contributed by atoms with Gasteiger partial charge in [0, 0.05) is 6.92 Å². The Morgan fingerprint density at radius 3 is 2.00 bits per heavy atom. The Balaban J connectivity index is -0.0000000150. The summed E-state index contributed by atoms with van der Waals surface area (Å²) in [7, 11) is 0. The summed E-state index contributed by atoms with van der Waals surface area (Å²) in [5.41, 5.74) is 0. The van der Waals surface area contributed by atoms with Gasteiger partial charge < -0.3 is 2.85 Å². The maximum atomic E-state index is 9.21. The minimum atomic E-state index is -0.361. The molecule has 0 atom stereocenters. The van der Waals surface area contributed by atoms with Crippen molar-refractivity contribution in [2.45, 2.75) is 6.92 Å². The van der Waals surface area contributed by atoms with Crippen LogP contribution >= 0.6 is 11.6 Å². The molecule has 28 valence electrons. The van der Waals surface area contributed by atoms with Crippen LogP contribution in [0.3, 0.4) is 0 Å². The van der Waals surface area contributed by atoms with Crippen molar-refractivity contribution in [3.05, 3.63) is 0 Å². The average Bonchev–Trinajstić information content (AvgIpc) is 0.811. The van der Waals surface area contributed by atoms with Gasteiger partial charge in [0.1, 0.15) is 0 Å². The van der Waals surface area contributed by atoms with Gasteiger partial charge in [-0.3, -0.25) is 4.79 Å². The maximum Gasteiger partial charge on any atom is 2.00 e. The van der Waals surface area contributed by atoms with Crippen LogP contribution in [0.5, 0.6) is 0 Å². The zero-order valence-corrected chi connectivity index (χ0v) is 5.96. The molecule has 0 fully saturated rings. The summed E-state index contributed by atoms with van der Waals surface area (Å²) in [5, 5.41) is -0.361. The molecule has 0 aliphatic rings. The van der Waals surface area contributed by atoms with Gasteiger partial charge in [0.05, 0.1) is 0 Å². The second-order valence-corrected chi connectivity index (χ2v) is 1.00. The first-order chi connectivity index (χ1) is 1.73. The molecule has 0 unspecified atom stereocenters. The van der Waals surface area contributed by atoms with E-state index in [2.05, 4.69) is 11.6 Å². The van der Waals surface area contributed by atoms with Gasteiger partial charge in [-0.15, -0.1) is 0 Å². The summed E-state index contributed by atoms with van der Waals surface area (Å²) >= 11 is 4.64. The van der Waals surface area contributed by atoms with Gasteiger partial charge in [-0.05, 0) is 11.6 Å². The van der Waals surface area contributed by atoms with Crippen LogP contribution in [0.4, 0.5) is 0 Å². The van der Waals surface area contributed by atoms with E-state index < -0.39 is 0 Å². The fraction of sp³-hybridized carbons (Fsp3) is 0.500. The molecule has 0 aliphatic heterocycles. The largest absolute Gasteiger partial charge is 2.00 e. The number of halogens is 1. The summed E-state index contributed by atoms with van der Waals surface area (Å²) in [6, 6.07) is 0. The predicted molar refractivity (Wildman–Crippen MR) is 24.5 cm³/mol. The van der Waals surface area contributed by atoms with E-state index >= 15 is 0 Å². The van der Waals surface area contributed by atoms with Crippen LogP contribution in [0, 0.1) is 0 Å². The summed E-state index contributed by atoms with van der Waals surface area (Å²) in [6.45, 7) is 1.29. The van der Waals surface area contributed by atoms with Crippen LogP contribution in [0.2, 0.25) is 0 Å². The summed E-state index contributed by atoms with van der Waals surface area (Å²) in [6.07, 6.45) is 0. The van der Waals surface area contributed by atoms with Gasteiger partial charge in [0.15, 0.2) is 0 Å². The summed E-state index contributed by atoms with van der Waals surface area (Å²) in [4.78, 5) is 9.21.